The zero-order chi connectivity index (χ0) is 10.8. The highest BCUT2D eigenvalue weighted by molar-refractivity contribution is 9.10. The third-order valence-electron chi connectivity index (χ3n) is 2.48. The molecule has 2 nitrogen and oxygen atoms in total. The molecule has 1 saturated carbocycles. The lowest BCUT2D eigenvalue weighted by molar-refractivity contribution is 0.409. The van der Waals surface area contributed by atoms with Crippen LogP contribution in [-0.2, 0) is 6.54 Å². The van der Waals surface area contributed by atoms with Crippen LogP contribution >= 0.6 is 15.9 Å². The summed E-state index contributed by atoms with van der Waals surface area (Å²) in [6.45, 7) is 0.570. The van der Waals surface area contributed by atoms with E-state index in [0.29, 0.717) is 28.4 Å². The Hall–Kier alpha value is -0.610. The van der Waals surface area contributed by atoms with Crippen molar-refractivity contribution in [2.24, 2.45) is 0 Å². The van der Waals surface area contributed by atoms with Gasteiger partial charge in [0.2, 0.25) is 0 Å². The predicted molar refractivity (Wildman–Crippen MR) is 60.5 cm³/mol. The highest BCUT2D eigenvalue weighted by Crippen LogP contribution is 2.28. The average Bonchev–Trinajstić information content (AvgIpc) is 3.00. The topological polar surface area (TPSA) is 21.3 Å². The second-order valence-corrected chi connectivity index (χ2v) is 4.59. The third-order valence-corrected chi connectivity index (χ3v) is 3.10. The van der Waals surface area contributed by atoms with Crippen LogP contribution in [0.5, 0.6) is 5.75 Å². The van der Waals surface area contributed by atoms with E-state index in [4.69, 9.17) is 4.74 Å². The van der Waals surface area contributed by atoms with E-state index in [1.165, 1.54) is 18.9 Å². The molecule has 82 valence electrons. The molecule has 0 amide bonds. The minimum atomic E-state index is -0.198. The molecule has 0 radical (unpaired) electrons. The van der Waals surface area contributed by atoms with Gasteiger partial charge in [-0.05, 0) is 40.9 Å². The van der Waals surface area contributed by atoms with Gasteiger partial charge in [-0.3, -0.25) is 0 Å². The third kappa shape index (κ3) is 2.69. The zero-order valence-electron chi connectivity index (χ0n) is 8.52. The molecule has 0 heterocycles. The van der Waals surface area contributed by atoms with Crippen molar-refractivity contribution in [3.63, 3.8) is 0 Å². The maximum absolute atomic E-state index is 13.5. The van der Waals surface area contributed by atoms with Gasteiger partial charge in [-0.1, -0.05) is 0 Å². The second kappa shape index (κ2) is 4.49. The number of methoxy groups -OCH3 is 1. The fourth-order valence-corrected chi connectivity index (χ4v) is 1.88. The summed E-state index contributed by atoms with van der Waals surface area (Å²) in [5.74, 6) is 0.472. The zero-order valence-corrected chi connectivity index (χ0v) is 10.1. The van der Waals surface area contributed by atoms with E-state index in [1.807, 2.05) is 0 Å². The summed E-state index contributed by atoms with van der Waals surface area (Å²) in [4.78, 5) is 0. The molecular weight excluding hydrogens is 261 g/mol. The van der Waals surface area contributed by atoms with Crippen LogP contribution in [0, 0.1) is 5.82 Å². The van der Waals surface area contributed by atoms with Gasteiger partial charge in [-0.2, -0.15) is 0 Å². The van der Waals surface area contributed by atoms with Crippen molar-refractivity contribution < 1.29 is 9.13 Å². The maximum atomic E-state index is 13.5. The molecule has 0 spiro atoms. The first-order chi connectivity index (χ1) is 7.20. The van der Waals surface area contributed by atoms with Gasteiger partial charge >= 0.3 is 0 Å². The Morgan fingerprint density at radius 3 is 2.87 bits per heavy atom. The van der Waals surface area contributed by atoms with E-state index in [-0.39, 0.29) is 5.82 Å². The van der Waals surface area contributed by atoms with Crippen LogP contribution in [0.4, 0.5) is 4.39 Å². The number of ether oxygens (including phenoxy) is 1. The number of hydrogen-bond donors (Lipinski definition) is 1. The number of nitrogens with one attached hydrogen (secondary N) is 1. The van der Waals surface area contributed by atoms with Crippen LogP contribution < -0.4 is 10.1 Å². The van der Waals surface area contributed by atoms with Gasteiger partial charge < -0.3 is 10.1 Å². The lowest BCUT2D eigenvalue weighted by Gasteiger charge is -2.09. The Bertz CT molecular complexity index is 366. The fraction of sp³-hybridized carbons (Fsp3) is 0.455. The van der Waals surface area contributed by atoms with E-state index in [9.17, 15) is 4.39 Å². The summed E-state index contributed by atoms with van der Waals surface area (Å²) in [6.07, 6.45) is 2.41. The Balaban J connectivity index is 2.13. The quantitative estimate of drug-likeness (QED) is 0.911. The molecule has 1 aliphatic rings. The van der Waals surface area contributed by atoms with Crippen molar-refractivity contribution in [3.8, 4) is 5.75 Å². The fourth-order valence-electron chi connectivity index (χ4n) is 1.40. The first kappa shape index (κ1) is 10.9. The SMILES string of the molecule is COc1cc(CNC2CC2)c(F)cc1Br. The number of hydrogen-bond acceptors (Lipinski definition) is 2. The largest absolute Gasteiger partial charge is 0.496 e. The highest BCUT2D eigenvalue weighted by Gasteiger charge is 2.20. The standard InChI is InChI=1S/C11H13BrFNO/c1-15-11-4-7(6-14-8-2-3-8)10(13)5-9(11)12/h4-5,8,14H,2-3,6H2,1H3. The molecule has 15 heavy (non-hydrogen) atoms. The Morgan fingerprint density at radius 2 is 2.27 bits per heavy atom. The number of benzene rings is 1. The van der Waals surface area contributed by atoms with Crippen molar-refractivity contribution in [3.05, 3.63) is 28.0 Å². The summed E-state index contributed by atoms with van der Waals surface area (Å²) < 4.78 is 19.3. The Morgan fingerprint density at radius 1 is 1.53 bits per heavy atom. The van der Waals surface area contributed by atoms with Crippen molar-refractivity contribution in [2.45, 2.75) is 25.4 Å². The first-order valence-electron chi connectivity index (χ1n) is 4.96. The minimum Gasteiger partial charge on any atom is -0.496 e. The minimum absolute atomic E-state index is 0.198. The first-order valence-corrected chi connectivity index (χ1v) is 5.75. The maximum Gasteiger partial charge on any atom is 0.133 e. The van der Waals surface area contributed by atoms with Gasteiger partial charge in [0.15, 0.2) is 0 Å². The van der Waals surface area contributed by atoms with Crippen molar-refractivity contribution in [1.29, 1.82) is 0 Å². The van der Waals surface area contributed by atoms with Gasteiger partial charge in [0.25, 0.3) is 0 Å². The molecular formula is C11H13BrFNO. The van der Waals surface area contributed by atoms with Gasteiger partial charge in [0, 0.05) is 18.2 Å². The van der Waals surface area contributed by atoms with Crippen molar-refractivity contribution in [1.82, 2.24) is 5.32 Å². The molecule has 0 bridgehead atoms. The van der Waals surface area contributed by atoms with Gasteiger partial charge in [0.05, 0.1) is 11.6 Å². The molecule has 1 aromatic carbocycles. The average molecular weight is 274 g/mol. The van der Waals surface area contributed by atoms with Crippen LogP contribution in [0.25, 0.3) is 0 Å². The number of halogens is 2. The monoisotopic (exact) mass is 273 g/mol. The smallest absolute Gasteiger partial charge is 0.133 e. The molecule has 0 saturated heterocycles. The van der Waals surface area contributed by atoms with Crippen LogP contribution in [0.1, 0.15) is 18.4 Å². The summed E-state index contributed by atoms with van der Waals surface area (Å²) in [5.41, 5.74) is 0.655. The molecule has 0 aliphatic heterocycles. The van der Waals surface area contributed by atoms with Crippen molar-refractivity contribution in [2.75, 3.05) is 7.11 Å². The summed E-state index contributed by atoms with van der Waals surface area (Å²) in [5, 5.41) is 3.27. The van der Waals surface area contributed by atoms with E-state index in [1.54, 1.807) is 13.2 Å². The molecule has 1 aromatic rings. The molecule has 1 aliphatic carbocycles. The lowest BCUT2D eigenvalue weighted by Crippen LogP contribution is -2.16. The molecule has 4 heteroatoms. The molecule has 2 rings (SSSR count). The summed E-state index contributed by atoms with van der Waals surface area (Å²) in [6, 6.07) is 3.76. The van der Waals surface area contributed by atoms with E-state index < -0.39 is 0 Å². The summed E-state index contributed by atoms with van der Waals surface area (Å²) >= 11 is 3.25. The van der Waals surface area contributed by atoms with Gasteiger partial charge in [0.1, 0.15) is 11.6 Å². The predicted octanol–water partition coefficient (Wildman–Crippen LogP) is 2.85. The number of rotatable bonds is 4. The molecule has 1 N–H and O–H groups in total. The Labute approximate surface area is 96.9 Å². The van der Waals surface area contributed by atoms with E-state index >= 15 is 0 Å². The second-order valence-electron chi connectivity index (χ2n) is 3.73. The highest BCUT2D eigenvalue weighted by atomic mass is 79.9. The van der Waals surface area contributed by atoms with Gasteiger partial charge in [-0.15, -0.1) is 0 Å². The van der Waals surface area contributed by atoms with Crippen LogP contribution in [-0.4, -0.2) is 13.2 Å². The Kier molecular flexibility index (Phi) is 3.26. The lowest BCUT2D eigenvalue weighted by atomic mass is 10.2. The normalized spacial score (nSPS) is 15.4. The van der Waals surface area contributed by atoms with Gasteiger partial charge in [-0.25, -0.2) is 4.39 Å². The molecule has 0 atom stereocenters. The van der Waals surface area contributed by atoms with E-state index in [0.717, 1.165) is 0 Å². The molecule has 0 unspecified atom stereocenters. The van der Waals surface area contributed by atoms with E-state index in [2.05, 4.69) is 21.2 Å². The molecule has 0 aromatic heterocycles. The van der Waals surface area contributed by atoms with Crippen LogP contribution in [0.15, 0.2) is 16.6 Å². The summed E-state index contributed by atoms with van der Waals surface area (Å²) in [7, 11) is 1.58. The van der Waals surface area contributed by atoms with Crippen LogP contribution in [0.2, 0.25) is 0 Å². The van der Waals surface area contributed by atoms with Crippen molar-refractivity contribution >= 4 is 15.9 Å². The van der Waals surface area contributed by atoms with Crippen LogP contribution in [0.3, 0.4) is 0 Å². The molecule has 1 fully saturated rings.